The topological polar surface area (TPSA) is 139 Å². The van der Waals surface area contributed by atoms with Gasteiger partial charge in [0.15, 0.2) is 0 Å². The number of nitrogens with zero attached hydrogens (tertiary/aromatic N) is 7. The fourth-order valence-electron chi connectivity index (χ4n) is 6.51. The van der Waals surface area contributed by atoms with Crippen LogP contribution in [0.25, 0.3) is 0 Å². The third kappa shape index (κ3) is 7.47. The van der Waals surface area contributed by atoms with E-state index in [0.717, 1.165) is 37.9 Å². The Bertz CT molecular complexity index is 1560. The summed E-state index contributed by atoms with van der Waals surface area (Å²) < 4.78 is 31.7. The molecule has 1 aromatic carbocycles. The first-order valence-corrected chi connectivity index (χ1v) is 16.2. The van der Waals surface area contributed by atoms with E-state index in [-0.39, 0.29) is 29.8 Å². The Morgan fingerprint density at radius 2 is 1.83 bits per heavy atom. The van der Waals surface area contributed by atoms with Gasteiger partial charge in [0.1, 0.15) is 17.5 Å². The summed E-state index contributed by atoms with van der Waals surface area (Å²) in [6, 6.07) is 5.05. The Morgan fingerprint density at radius 3 is 2.51 bits per heavy atom. The highest BCUT2D eigenvalue weighted by Gasteiger charge is 2.38. The molecule has 13 nitrogen and oxygen atoms in total. The molecule has 0 radical (unpaired) electrons. The van der Waals surface area contributed by atoms with Gasteiger partial charge in [-0.3, -0.25) is 4.79 Å². The molecule has 2 aromatic heterocycles. The lowest BCUT2D eigenvalue weighted by Gasteiger charge is -2.35. The van der Waals surface area contributed by atoms with Gasteiger partial charge in [-0.15, -0.1) is 0 Å². The van der Waals surface area contributed by atoms with E-state index in [2.05, 4.69) is 30.3 Å². The van der Waals surface area contributed by atoms with Gasteiger partial charge in [0.2, 0.25) is 11.8 Å². The van der Waals surface area contributed by atoms with E-state index < -0.39 is 17.7 Å². The molecule has 3 aromatic rings. The monoisotopic (exact) mass is 650 g/mol. The lowest BCUT2D eigenvalue weighted by Crippen LogP contribution is -2.45. The van der Waals surface area contributed by atoms with E-state index in [1.165, 1.54) is 18.5 Å². The molecule has 5 heterocycles. The lowest BCUT2D eigenvalue weighted by molar-refractivity contribution is 0.0504. The third-order valence-corrected chi connectivity index (χ3v) is 8.99. The minimum Gasteiger partial charge on any atom is -0.444 e. The van der Waals surface area contributed by atoms with Crippen molar-refractivity contribution in [3.63, 3.8) is 0 Å². The SMILES string of the molecule is Cc1ccc(F)c([C@H]2CN(c3ncc(C(=O)N(C)C4CCN(c5nc([C@@H]6CCCO6)no5)CC4)cn3)C[C@@H]2NC(=O)OC(C)(C)C)c1. The van der Waals surface area contributed by atoms with Crippen LogP contribution in [0.3, 0.4) is 0 Å². The van der Waals surface area contributed by atoms with E-state index in [1.807, 2.05) is 11.8 Å². The summed E-state index contributed by atoms with van der Waals surface area (Å²) in [6.45, 7) is 10.1. The number of amides is 2. The zero-order chi connectivity index (χ0) is 33.3. The van der Waals surface area contributed by atoms with Gasteiger partial charge in [0.05, 0.1) is 11.6 Å². The van der Waals surface area contributed by atoms with Crippen LogP contribution in [0.4, 0.5) is 21.1 Å². The zero-order valence-corrected chi connectivity index (χ0v) is 27.6. The van der Waals surface area contributed by atoms with Gasteiger partial charge >= 0.3 is 12.1 Å². The van der Waals surface area contributed by atoms with Crippen LogP contribution in [0, 0.1) is 12.7 Å². The van der Waals surface area contributed by atoms with Crippen LogP contribution in [-0.2, 0) is 9.47 Å². The smallest absolute Gasteiger partial charge is 0.407 e. The van der Waals surface area contributed by atoms with Crippen LogP contribution in [-0.4, -0.2) is 94.5 Å². The van der Waals surface area contributed by atoms with Crippen LogP contribution >= 0.6 is 0 Å². The molecule has 3 fully saturated rings. The number of anilines is 2. The van der Waals surface area contributed by atoms with Crippen molar-refractivity contribution in [2.45, 2.75) is 83.1 Å². The maximum Gasteiger partial charge on any atom is 0.407 e. The van der Waals surface area contributed by atoms with Crippen LogP contribution in [0.15, 0.2) is 35.1 Å². The first-order chi connectivity index (χ1) is 22.4. The Morgan fingerprint density at radius 1 is 1.09 bits per heavy atom. The molecular formula is C33H43FN8O5. The number of carbonyl (C=O) groups is 2. The highest BCUT2D eigenvalue weighted by Crippen LogP contribution is 2.33. The predicted molar refractivity (Wildman–Crippen MR) is 171 cm³/mol. The second-order valence-electron chi connectivity index (χ2n) is 13.6. The van der Waals surface area contributed by atoms with Crippen LogP contribution < -0.4 is 15.1 Å². The maximum atomic E-state index is 15.0. The zero-order valence-electron chi connectivity index (χ0n) is 27.6. The van der Waals surface area contributed by atoms with Gasteiger partial charge < -0.3 is 34.0 Å². The molecule has 3 aliphatic heterocycles. The van der Waals surface area contributed by atoms with E-state index in [0.29, 0.717) is 55.1 Å². The Balaban J connectivity index is 1.08. The molecule has 6 rings (SSSR count). The average molecular weight is 651 g/mol. The number of benzene rings is 1. The van der Waals surface area contributed by atoms with E-state index in [1.54, 1.807) is 44.9 Å². The second kappa shape index (κ2) is 13.4. The van der Waals surface area contributed by atoms with Crippen LogP contribution in [0.1, 0.15) is 85.8 Å². The summed E-state index contributed by atoms with van der Waals surface area (Å²) in [6.07, 6.45) is 5.77. The summed E-state index contributed by atoms with van der Waals surface area (Å²) in [4.78, 5) is 45.4. The fourth-order valence-corrected chi connectivity index (χ4v) is 6.51. The van der Waals surface area contributed by atoms with Crippen molar-refractivity contribution in [2.24, 2.45) is 0 Å². The highest BCUT2D eigenvalue weighted by molar-refractivity contribution is 5.93. The quantitative estimate of drug-likeness (QED) is 0.389. The van der Waals surface area contributed by atoms with Gasteiger partial charge in [0.25, 0.3) is 5.91 Å². The summed E-state index contributed by atoms with van der Waals surface area (Å²) >= 11 is 0. The Kier molecular flexibility index (Phi) is 9.31. The number of aryl methyl sites for hydroxylation is 1. The number of carbonyl (C=O) groups excluding carboxylic acids is 2. The summed E-state index contributed by atoms with van der Waals surface area (Å²) in [7, 11) is 1.80. The molecule has 0 saturated carbocycles. The van der Waals surface area contributed by atoms with Crippen molar-refractivity contribution >= 4 is 24.0 Å². The molecule has 1 N–H and O–H groups in total. The largest absolute Gasteiger partial charge is 0.444 e. The molecule has 0 bridgehead atoms. The first kappa shape index (κ1) is 32.6. The number of aromatic nitrogens is 4. The molecule has 3 saturated heterocycles. The molecular weight excluding hydrogens is 607 g/mol. The van der Waals surface area contributed by atoms with Gasteiger partial charge in [-0.25, -0.2) is 19.2 Å². The minimum atomic E-state index is -0.676. The molecule has 47 heavy (non-hydrogen) atoms. The maximum absolute atomic E-state index is 15.0. The van der Waals surface area contributed by atoms with Crippen molar-refractivity contribution in [1.82, 2.24) is 30.3 Å². The number of alkyl carbamates (subject to hydrolysis) is 1. The normalized spacial score (nSPS) is 22.0. The lowest BCUT2D eigenvalue weighted by atomic mass is 9.92. The Hall–Kier alpha value is -4.33. The minimum absolute atomic E-state index is 0.0298. The van der Waals surface area contributed by atoms with E-state index in [9.17, 15) is 9.59 Å². The predicted octanol–water partition coefficient (Wildman–Crippen LogP) is 4.40. The average Bonchev–Trinajstić information content (AvgIpc) is 3.82. The van der Waals surface area contributed by atoms with E-state index >= 15 is 4.39 Å². The number of nitrogens with one attached hydrogen (secondary N) is 1. The van der Waals surface area contributed by atoms with Crippen molar-refractivity contribution in [1.29, 1.82) is 0 Å². The van der Waals surface area contributed by atoms with Gasteiger partial charge in [-0.1, -0.05) is 22.9 Å². The molecule has 252 valence electrons. The number of ether oxygens (including phenoxy) is 2. The fraction of sp³-hybridized carbons (Fsp3) is 0.576. The molecule has 14 heteroatoms. The number of halogens is 1. The van der Waals surface area contributed by atoms with Crippen molar-refractivity contribution < 1.29 is 28.0 Å². The third-order valence-electron chi connectivity index (χ3n) is 8.99. The number of rotatable bonds is 7. The molecule has 2 amide bonds. The van der Waals surface area contributed by atoms with Gasteiger partial charge in [-0.2, -0.15) is 4.98 Å². The number of piperidine rings is 1. The van der Waals surface area contributed by atoms with Gasteiger partial charge in [0, 0.05) is 64.2 Å². The molecule has 3 aliphatic rings. The summed E-state index contributed by atoms with van der Waals surface area (Å²) in [5, 5.41) is 7.04. The van der Waals surface area contributed by atoms with Crippen molar-refractivity contribution in [3.8, 4) is 0 Å². The van der Waals surface area contributed by atoms with Crippen molar-refractivity contribution in [2.75, 3.05) is 49.6 Å². The summed E-state index contributed by atoms with van der Waals surface area (Å²) in [5.41, 5.74) is 1.13. The second-order valence-corrected chi connectivity index (χ2v) is 13.6. The standard InChI is InChI=1S/C33H43FN8O5/c1-20-8-9-25(34)23(15-20)24-18-42(19-26(24)37-32(44)46-33(2,3)4)30-35-16-21(17-36-30)29(43)40(5)22-10-12-41(13-11-22)31-38-28(39-47-31)27-7-6-14-45-27/h8-9,15-17,22,24,26-27H,6-7,10-14,18-19H2,1-5H3,(H,37,44)/t24-,26+,27+/m1/s1. The highest BCUT2D eigenvalue weighted by atomic mass is 19.1. The Labute approximate surface area is 273 Å². The first-order valence-electron chi connectivity index (χ1n) is 16.2. The molecule has 0 unspecified atom stereocenters. The number of hydrogen-bond donors (Lipinski definition) is 1. The van der Waals surface area contributed by atoms with Crippen LogP contribution in [0.5, 0.6) is 0 Å². The summed E-state index contributed by atoms with van der Waals surface area (Å²) in [5.74, 6) is 0.121. The van der Waals surface area contributed by atoms with Crippen LogP contribution in [0.2, 0.25) is 0 Å². The molecule has 0 aliphatic carbocycles. The molecule has 3 atom stereocenters. The molecule has 0 spiro atoms. The van der Waals surface area contributed by atoms with Crippen molar-refractivity contribution in [3.05, 3.63) is 58.9 Å². The van der Waals surface area contributed by atoms with E-state index in [4.69, 9.17) is 14.0 Å². The van der Waals surface area contributed by atoms with Gasteiger partial charge in [-0.05, 0) is 65.0 Å². The number of hydrogen-bond acceptors (Lipinski definition) is 11.